The Kier molecular flexibility index (Phi) is 12.3. The van der Waals surface area contributed by atoms with E-state index in [2.05, 4.69) is 36.6 Å². The average Bonchev–Trinajstić information content (AvgIpc) is 3.29. The Morgan fingerprint density at radius 2 is 1.74 bits per heavy atom. The Balaban J connectivity index is 1.19. The number of rotatable bonds is 17. The smallest absolute Gasteiger partial charge is 0.266 e. The van der Waals surface area contributed by atoms with Crippen molar-refractivity contribution >= 4 is 29.5 Å². The van der Waals surface area contributed by atoms with Crippen molar-refractivity contribution in [3.05, 3.63) is 65.2 Å². The van der Waals surface area contributed by atoms with E-state index in [0.717, 1.165) is 29.7 Å². The molecule has 5 amide bonds. The molecule has 46 heavy (non-hydrogen) atoms. The number of allylic oxidation sites excluding steroid dienone is 2. The summed E-state index contributed by atoms with van der Waals surface area (Å²) in [6.07, 6.45) is 9.10. The van der Waals surface area contributed by atoms with Gasteiger partial charge in [0, 0.05) is 19.4 Å². The highest BCUT2D eigenvalue weighted by Crippen LogP contribution is 2.34. The quantitative estimate of drug-likeness (QED) is 0.145. The van der Waals surface area contributed by atoms with Crippen molar-refractivity contribution < 1.29 is 38.2 Å². The van der Waals surface area contributed by atoms with E-state index in [9.17, 15) is 24.0 Å². The van der Waals surface area contributed by atoms with Crippen molar-refractivity contribution in [2.75, 3.05) is 20.3 Å². The van der Waals surface area contributed by atoms with E-state index in [1.165, 1.54) is 6.07 Å². The van der Waals surface area contributed by atoms with Crippen LogP contribution in [-0.4, -0.2) is 60.8 Å². The number of hydrogen-bond acceptors (Lipinski definition) is 8. The van der Waals surface area contributed by atoms with Gasteiger partial charge in [0.05, 0.1) is 31.5 Å². The number of benzene rings is 2. The zero-order valence-electron chi connectivity index (χ0n) is 26.8. The van der Waals surface area contributed by atoms with Crippen LogP contribution in [0.3, 0.4) is 0 Å². The van der Waals surface area contributed by atoms with Crippen molar-refractivity contribution in [2.24, 2.45) is 5.92 Å². The molecule has 0 saturated carbocycles. The third-order valence-electron chi connectivity index (χ3n) is 7.75. The summed E-state index contributed by atoms with van der Waals surface area (Å²) < 4.78 is 17.3. The summed E-state index contributed by atoms with van der Waals surface area (Å²) in [6, 6.07) is 9.32. The summed E-state index contributed by atoms with van der Waals surface area (Å²) in [5.41, 5.74) is 1.21. The van der Waals surface area contributed by atoms with Gasteiger partial charge in [0.2, 0.25) is 17.7 Å². The lowest BCUT2D eigenvalue weighted by atomic mass is 10.0. The second kappa shape index (κ2) is 16.6. The van der Waals surface area contributed by atoms with Gasteiger partial charge in [-0.3, -0.25) is 34.2 Å². The molecule has 0 bridgehead atoms. The molecule has 2 N–H and O–H groups in total. The van der Waals surface area contributed by atoms with Crippen molar-refractivity contribution in [3.63, 3.8) is 0 Å². The Labute approximate surface area is 269 Å². The number of unbranched alkanes of at least 4 members (excludes halogenated alkanes) is 3. The van der Waals surface area contributed by atoms with Gasteiger partial charge >= 0.3 is 0 Å². The second-order valence-electron chi connectivity index (χ2n) is 11.7. The van der Waals surface area contributed by atoms with Gasteiger partial charge in [-0.2, -0.15) is 0 Å². The van der Waals surface area contributed by atoms with Gasteiger partial charge in [-0.15, -0.1) is 0 Å². The van der Waals surface area contributed by atoms with Crippen LogP contribution in [0.25, 0.3) is 0 Å². The molecule has 11 heteroatoms. The summed E-state index contributed by atoms with van der Waals surface area (Å²) in [5, 5.41) is 5.16. The normalized spacial score (nSPS) is 16.2. The fourth-order valence-corrected chi connectivity index (χ4v) is 5.32. The van der Waals surface area contributed by atoms with Crippen LogP contribution >= 0.6 is 0 Å². The summed E-state index contributed by atoms with van der Waals surface area (Å²) in [4.78, 5) is 63.2. The molecule has 0 spiro atoms. The predicted molar refractivity (Wildman–Crippen MR) is 171 cm³/mol. The SMILES string of the molecule is COc1cc(CNC(=O)CCCC/C=C/C(C)C)ccc1OCCCCOc1cccc2c1C(=O)N(C1CCC(=O)NC1=O)C2=O. The van der Waals surface area contributed by atoms with Gasteiger partial charge in [0.25, 0.3) is 11.8 Å². The fraction of sp³-hybridized carbons (Fsp3) is 0.457. The van der Waals surface area contributed by atoms with Crippen LogP contribution in [0.1, 0.15) is 91.5 Å². The molecule has 0 aliphatic carbocycles. The highest BCUT2D eigenvalue weighted by Gasteiger charge is 2.46. The minimum atomic E-state index is -1.03. The van der Waals surface area contributed by atoms with E-state index in [0.29, 0.717) is 49.8 Å². The lowest BCUT2D eigenvalue weighted by Gasteiger charge is -2.27. The van der Waals surface area contributed by atoms with Gasteiger partial charge in [0.15, 0.2) is 11.5 Å². The topological polar surface area (TPSA) is 140 Å². The molecule has 2 aliphatic heterocycles. The van der Waals surface area contributed by atoms with Gasteiger partial charge < -0.3 is 19.5 Å². The monoisotopic (exact) mass is 633 g/mol. The number of fused-ring (bicyclic) bond motifs is 1. The second-order valence-corrected chi connectivity index (χ2v) is 11.7. The Morgan fingerprint density at radius 1 is 0.978 bits per heavy atom. The minimum absolute atomic E-state index is 0.0254. The Morgan fingerprint density at radius 3 is 2.46 bits per heavy atom. The first kappa shape index (κ1) is 34.2. The number of carbonyl (C=O) groups excluding carboxylic acids is 5. The highest BCUT2D eigenvalue weighted by atomic mass is 16.5. The molecular weight excluding hydrogens is 590 g/mol. The number of nitrogens with one attached hydrogen (secondary N) is 2. The van der Waals surface area contributed by atoms with Crippen molar-refractivity contribution in [1.29, 1.82) is 0 Å². The van der Waals surface area contributed by atoms with Gasteiger partial charge in [-0.05, 0) is 74.3 Å². The number of amides is 5. The average molecular weight is 634 g/mol. The predicted octanol–water partition coefficient (Wildman–Crippen LogP) is 4.72. The van der Waals surface area contributed by atoms with Crippen LogP contribution < -0.4 is 24.8 Å². The first-order chi connectivity index (χ1) is 22.2. The van der Waals surface area contributed by atoms with E-state index in [1.54, 1.807) is 19.2 Å². The molecule has 11 nitrogen and oxygen atoms in total. The number of hydrogen-bond donors (Lipinski definition) is 2. The highest BCUT2D eigenvalue weighted by molar-refractivity contribution is 6.24. The molecule has 1 unspecified atom stereocenters. The van der Waals surface area contributed by atoms with Gasteiger partial charge in [-0.1, -0.05) is 38.1 Å². The minimum Gasteiger partial charge on any atom is -0.493 e. The third kappa shape index (κ3) is 8.95. The molecule has 2 aliphatic rings. The van der Waals surface area contributed by atoms with Crippen molar-refractivity contribution in [1.82, 2.24) is 15.5 Å². The molecule has 1 atom stereocenters. The fourth-order valence-electron chi connectivity index (χ4n) is 5.32. The van der Waals surface area contributed by atoms with Crippen molar-refractivity contribution in [3.8, 4) is 17.2 Å². The van der Waals surface area contributed by atoms with Crippen molar-refractivity contribution in [2.45, 2.75) is 77.8 Å². The summed E-state index contributed by atoms with van der Waals surface area (Å²) in [7, 11) is 1.57. The van der Waals surface area contributed by atoms with E-state index < -0.39 is 29.7 Å². The summed E-state index contributed by atoms with van der Waals surface area (Å²) in [6.45, 7) is 5.38. The zero-order chi connectivity index (χ0) is 33.1. The van der Waals surface area contributed by atoms with Crippen LogP contribution in [-0.2, 0) is 20.9 Å². The molecular formula is C35H43N3O8. The lowest BCUT2D eigenvalue weighted by Crippen LogP contribution is -2.54. The maximum atomic E-state index is 13.2. The van der Waals surface area contributed by atoms with E-state index >= 15 is 0 Å². The van der Waals surface area contributed by atoms with Crippen LogP contribution in [0.2, 0.25) is 0 Å². The maximum Gasteiger partial charge on any atom is 0.266 e. The van der Waals surface area contributed by atoms with E-state index in [1.807, 2.05) is 18.2 Å². The Bertz CT molecular complexity index is 1470. The lowest BCUT2D eigenvalue weighted by molar-refractivity contribution is -0.136. The van der Waals surface area contributed by atoms with Crippen LogP contribution in [0.15, 0.2) is 48.6 Å². The van der Waals surface area contributed by atoms with Crippen LogP contribution in [0.5, 0.6) is 17.2 Å². The number of piperidine rings is 1. The molecule has 4 rings (SSSR count). The summed E-state index contributed by atoms with van der Waals surface area (Å²) >= 11 is 0. The largest absolute Gasteiger partial charge is 0.493 e. The first-order valence-corrected chi connectivity index (χ1v) is 15.9. The van der Waals surface area contributed by atoms with E-state index in [-0.39, 0.29) is 42.2 Å². The molecule has 0 radical (unpaired) electrons. The number of ether oxygens (including phenoxy) is 3. The number of imide groups is 2. The third-order valence-corrected chi connectivity index (χ3v) is 7.75. The molecule has 2 heterocycles. The Hall–Kier alpha value is -4.67. The number of nitrogens with zero attached hydrogens (tertiary/aromatic N) is 1. The molecule has 1 fully saturated rings. The molecule has 2 aromatic rings. The maximum absolute atomic E-state index is 13.2. The van der Waals surface area contributed by atoms with Gasteiger partial charge in [0.1, 0.15) is 11.8 Å². The standard InChI is InChI=1S/C35H43N3O8/c1-23(2)11-6-4-5-7-14-30(39)36-22-24-15-17-27(29(21-24)44-3)45-19-8-9-20-46-28-13-10-12-25-32(28)35(43)38(34(25)42)26-16-18-31(40)37-33(26)41/h6,10-13,15,17,21,23,26H,4-5,7-9,14,16,18-20,22H2,1-3H3,(H,36,39)(H,37,40,41)/b11-6+. The number of methoxy groups -OCH3 is 1. The molecule has 1 saturated heterocycles. The van der Waals surface area contributed by atoms with Crippen LogP contribution in [0.4, 0.5) is 0 Å². The molecule has 0 aromatic heterocycles. The van der Waals surface area contributed by atoms with Gasteiger partial charge in [-0.25, -0.2) is 0 Å². The summed E-state index contributed by atoms with van der Waals surface area (Å²) in [5.74, 6) is -0.245. The molecule has 2 aromatic carbocycles. The van der Waals surface area contributed by atoms with Crippen LogP contribution in [0, 0.1) is 5.92 Å². The zero-order valence-corrected chi connectivity index (χ0v) is 26.8. The molecule has 246 valence electrons. The first-order valence-electron chi connectivity index (χ1n) is 15.9. The van der Waals surface area contributed by atoms with E-state index in [4.69, 9.17) is 14.2 Å². The number of carbonyl (C=O) groups is 5.